The van der Waals surface area contributed by atoms with E-state index in [1.807, 2.05) is 11.0 Å². The highest BCUT2D eigenvalue weighted by atomic mass is 79.9. The van der Waals surface area contributed by atoms with Crippen molar-refractivity contribution < 1.29 is 0 Å². The normalized spacial score (nSPS) is 9.56. The molecule has 0 unspecified atom stereocenters. The van der Waals surface area contributed by atoms with E-state index in [2.05, 4.69) is 39.6 Å². The molecule has 84 valence electrons. The van der Waals surface area contributed by atoms with Gasteiger partial charge in [0.1, 0.15) is 4.32 Å². The summed E-state index contributed by atoms with van der Waals surface area (Å²) in [5.74, 6) is 0. The van der Waals surface area contributed by atoms with Crippen LogP contribution < -0.4 is 0 Å². The molecule has 0 radical (unpaired) electrons. The number of halogens is 1. The molecule has 0 bridgehead atoms. The van der Waals surface area contributed by atoms with Crippen molar-refractivity contribution in [2.75, 3.05) is 6.54 Å². The predicted octanol–water partition coefficient (Wildman–Crippen LogP) is 2.77. The van der Waals surface area contributed by atoms with Crippen molar-refractivity contribution in [3.05, 3.63) is 28.5 Å². The first-order valence-corrected chi connectivity index (χ1v) is 6.22. The molecule has 0 aliphatic carbocycles. The van der Waals surface area contributed by atoms with Gasteiger partial charge >= 0.3 is 0 Å². The van der Waals surface area contributed by atoms with Gasteiger partial charge in [0, 0.05) is 30.0 Å². The van der Waals surface area contributed by atoms with Crippen LogP contribution in [0.1, 0.15) is 12.0 Å². The summed E-state index contributed by atoms with van der Waals surface area (Å²) in [6.07, 6.45) is 3.93. The molecule has 1 heterocycles. The molecule has 0 aliphatic heterocycles. The van der Waals surface area contributed by atoms with Crippen LogP contribution in [0.15, 0.2) is 22.9 Å². The molecule has 0 amide bonds. The van der Waals surface area contributed by atoms with E-state index in [1.165, 1.54) is 0 Å². The van der Waals surface area contributed by atoms with Gasteiger partial charge in [0.2, 0.25) is 0 Å². The molecule has 16 heavy (non-hydrogen) atoms. The number of aromatic nitrogens is 1. The Morgan fingerprint density at radius 1 is 1.62 bits per heavy atom. The fraction of sp³-hybridized carbons (Fsp3) is 0.300. The van der Waals surface area contributed by atoms with Gasteiger partial charge in [0.15, 0.2) is 0 Å². The number of nitrogens with zero attached hydrogens (tertiary/aromatic N) is 3. The average Bonchev–Trinajstić information content (AvgIpc) is 2.24. The Balaban J connectivity index is 2.68. The number of pyridine rings is 1. The quantitative estimate of drug-likeness (QED) is 0.685. The van der Waals surface area contributed by atoms with Crippen LogP contribution in [0.25, 0.3) is 0 Å². The van der Waals surface area contributed by atoms with Gasteiger partial charge in [-0.05, 0) is 27.6 Å². The van der Waals surface area contributed by atoms with Gasteiger partial charge in [-0.1, -0.05) is 12.2 Å². The van der Waals surface area contributed by atoms with Crippen molar-refractivity contribution in [2.24, 2.45) is 0 Å². The van der Waals surface area contributed by atoms with Crippen LogP contribution in [0.2, 0.25) is 0 Å². The lowest BCUT2D eigenvalue weighted by molar-refractivity contribution is 0.436. The largest absolute Gasteiger partial charge is 0.352 e. The number of nitriles is 1. The topological polar surface area (TPSA) is 39.9 Å². The minimum atomic E-state index is 0.433. The molecule has 0 saturated heterocycles. The predicted molar refractivity (Wildman–Crippen MR) is 74.2 cm³/mol. The van der Waals surface area contributed by atoms with Crippen molar-refractivity contribution in [1.29, 1.82) is 5.26 Å². The molecular weight excluding hydrogens is 306 g/mol. The molecule has 1 rings (SSSR count). The molecule has 6 heteroatoms. The second-order valence-electron chi connectivity index (χ2n) is 3.12. The summed E-state index contributed by atoms with van der Waals surface area (Å²) < 4.78 is 1.42. The van der Waals surface area contributed by atoms with E-state index in [4.69, 9.17) is 17.5 Å². The first-order chi connectivity index (χ1) is 7.63. The van der Waals surface area contributed by atoms with Crippen molar-refractivity contribution in [3.8, 4) is 6.07 Å². The Hall–Kier alpha value is -0.640. The minimum Gasteiger partial charge on any atom is -0.352 e. The van der Waals surface area contributed by atoms with Gasteiger partial charge < -0.3 is 4.90 Å². The molecule has 0 N–H and O–H groups in total. The summed E-state index contributed by atoms with van der Waals surface area (Å²) in [5.41, 5.74) is 1.03. The van der Waals surface area contributed by atoms with E-state index in [9.17, 15) is 0 Å². The average molecular weight is 316 g/mol. The first-order valence-electron chi connectivity index (χ1n) is 4.57. The van der Waals surface area contributed by atoms with Crippen molar-refractivity contribution >= 4 is 45.1 Å². The molecule has 0 fully saturated rings. The Bertz CT molecular complexity index is 417. The third-order valence-electron chi connectivity index (χ3n) is 1.90. The highest BCUT2D eigenvalue weighted by molar-refractivity contribution is 9.10. The maximum Gasteiger partial charge on any atom is 0.133 e. The van der Waals surface area contributed by atoms with Gasteiger partial charge in [0.25, 0.3) is 0 Å². The number of thiocarbonyl (C=S) groups is 1. The SMILES string of the molecule is N#CCCN(Cc1cncc(Br)c1)C(=S)S. The zero-order valence-electron chi connectivity index (χ0n) is 8.43. The lowest BCUT2D eigenvalue weighted by Gasteiger charge is -2.21. The van der Waals surface area contributed by atoms with E-state index < -0.39 is 0 Å². The number of hydrogen-bond donors (Lipinski definition) is 1. The Morgan fingerprint density at radius 3 is 2.94 bits per heavy atom. The third kappa shape index (κ3) is 4.47. The molecule has 1 aromatic rings. The van der Waals surface area contributed by atoms with E-state index in [-0.39, 0.29) is 0 Å². The monoisotopic (exact) mass is 315 g/mol. The molecule has 0 saturated carbocycles. The first kappa shape index (κ1) is 13.4. The summed E-state index contributed by atoms with van der Waals surface area (Å²) in [6, 6.07) is 4.06. The molecule has 0 aromatic carbocycles. The molecule has 0 spiro atoms. The summed E-state index contributed by atoms with van der Waals surface area (Å²) >= 11 is 12.5. The van der Waals surface area contributed by atoms with Gasteiger partial charge in [0.05, 0.1) is 12.5 Å². The molecule has 0 aliphatic rings. The second-order valence-corrected chi connectivity index (χ2v) is 5.15. The maximum atomic E-state index is 8.54. The molecular formula is C10H10BrN3S2. The maximum absolute atomic E-state index is 8.54. The van der Waals surface area contributed by atoms with Gasteiger partial charge in [-0.3, -0.25) is 4.98 Å². The highest BCUT2D eigenvalue weighted by Crippen LogP contribution is 2.12. The summed E-state index contributed by atoms with van der Waals surface area (Å²) in [5, 5.41) is 8.54. The number of hydrogen-bond acceptors (Lipinski definition) is 3. The van der Waals surface area contributed by atoms with Crippen molar-refractivity contribution in [2.45, 2.75) is 13.0 Å². The van der Waals surface area contributed by atoms with E-state index in [1.54, 1.807) is 12.4 Å². The van der Waals surface area contributed by atoms with Crippen LogP contribution >= 0.6 is 40.8 Å². The molecule has 3 nitrogen and oxygen atoms in total. The lowest BCUT2D eigenvalue weighted by atomic mass is 10.2. The zero-order valence-corrected chi connectivity index (χ0v) is 11.7. The van der Waals surface area contributed by atoms with Crippen LogP contribution in [-0.2, 0) is 6.54 Å². The van der Waals surface area contributed by atoms with Crippen molar-refractivity contribution in [3.63, 3.8) is 0 Å². The van der Waals surface area contributed by atoms with Crippen LogP contribution in [0, 0.1) is 11.3 Å². The van der Waals surface area contributed by atoms with Crippen LogP contribution in [0.4, 0.5) is 0 Å². The van der Waals surface area contributed by atoms with Gasteiger partial charge in [-0.2, -0.15) is 5.26 Å². The van der Waals surface area contributed by atoms with E-state index in [0.29, 0.717) is 23.8 Å². The fourth-order valence-corrected chi connectivity index (χ4v) is 1.93. The summed E-state index contributed by atoms with van der Waals surface area (Å²) in [7, 11) is 0. The molecule has 0 atom stereocenters. The third-order valence-corrected chi connectivity index (χ3v) is 2.87. The highest BCUT2D eigenvalue weighted by Gasteiger charge is 2.07. The second kappa shape index (κ2) is 6.84. The lowest BCUT2D eigenvalue weighted by Crippen LogP contribution is -2.26. The number of rotatable bonds is 4. The standard InChI is InChI=1S/C10H10BrN3S2/c11-9-4-8(5-13-6-9)7-14(10(15)16)3-1-2-12/h4-6H,1,3,7H2,(H,15,16). The molecule has 1 aromatic heterocycles. The Morgan fingerprint density at radius 2 is 2.38 bits per heavy atom. The smallest absolute Gasteiger partial charge is 0.133 e. The fourth-order valence-electron chi connectivity index (χ4n) is 1.19. The summed E-state index contributed by atoms with van der Waals surface area (Å²) in [4.78, 5) is 5.94. The van der Waals surface area contributed by atoms with Crippen LogP contribution in [0.5, 0.6) is 0 Å². The van der Waals surface area contributed by atoms with Gasteiger partial charge in [-0.15, -0.1) is 12.6 Å². The van der Waals surface area contributed by atoms with E-state index in [0.717, 1.165) is 10.0 Å². The van der Waals surface area contributed by atoms with Crippen molar-refractivity contribution in [1.82, 2.24) is 9.88 Å². The van der Waals surface area contributed by atoms with E-state index >= 15 is 0 Å². The Labute approximate surface area is 114 Å². The van der Waals surface area contributed by atoms with Crippen LogP contribution in [0.3, 0.4) is 0 Å². The minimum absolute atomic E-state index is 0.433. The number of thiol groups is 1. The summed E-state index contributed by atoms with van der Waals surface area (Å²) in [6.45, 7) is 1.21. The van der Waals surface area contributed by atoms with Crippen LogP contribution in [-0.4, -0.2) is 20.7 Å². The van der Waals surface area contributed by atoms with Gasteiger partial charge in [-0.25, -0.2) is 0 Å². The Kier molecular flexibility index (Phi) is 5.74. The zero-order chi connectivity index (χ0) is 12.0.